The molecule has 23 heavy (non-hydrogen) atoms. The maximum absolute atomic E-state index is 5.97. The number of hydrogen-bond acceptors (Lipinski definition) is 3. The van der Waals surface area contributed by atoms with Crippen molar-refractivity contribution in [2.75, 3.05) is 32.7 Å². The van der Waals surface area contributed by atoms with Crippen LogP contribution in [0.5, 0.6) is 0 Å². The smallest absolute Gasteiger partial charge is 0.0578 e. The van der Waals surface area contributed by atoms with Crippen molar-refractivity contribution >= 4 is 0 Å². The Labute approximate surface area is 144 Å². The molecule has 2 aliphatic rings. The van der Waals surface area contributed by atoms with Crippen LogP contribution in [0.15, 0.2) is 0 Å². The van der Waals surface area contributed by atoms with Gasteiger partial charge in [-0.2, -0.15) is 0 Å². The van der Waals surface area contributed by atoms with E-state index in [4.69, 9.17) is 4.74 Å². The summed E-state index contributed by atoms with van der Waals surface area (Å²) in [6.45, 7) is 17.6. The molecule has 1 aliphatic carbocycles. The first-order valence-corrected chi connectivity index (χ1v) is 10.0. The van der Waals surface area contributed by atoms with Gasteiger partial charge < -0.3 is 9.64 Å². The van der Waals surface area contributed by atoms with E-state index in [2.05, 4.69) is 44.4 Å². The molecular formula is C20H40N2O. The molecule has 0 spiro atoms. The third-order valence-electron chi connectivity index (χ3n) is 5.90. The van der Waals surface area contributed by atoms with Gasteiger partial charge in [-0.3, -0.25) is 4.90 Å². The number of hydrogen-bond donors (Lipinski definition) is 0. The molecule has 1 aliphatic heterocycles. The molecule has 3 heteroatoms. The third kappa shape index (κ3) is 6.03. The molecule has 0 aromatic carbocycles. The number of likely N-dealkylation sites (N-methyl/N-ethyl adjacent to an activating group) is 1. The lowest BCUT2D eigenvalue weighted by atomic mass is 9.84. The van der Waals surface area contributed by atoms with Gasteiger partial charge in [0.15, 0.2) is 0 Å². The largest absolute Gasteiger partial charge is 0.376 e. The van der Waals surface area contributed by atoms with Gasteiger partial charge in [-0.1, -0.05) is 6.92 Å². The van der Waals surface area contributed by atoms with Crippen molar-refractivity contribution in [2.24, 2.45) is 5.92 Å². The maximum Gasteiger partial charge on any atom is 0.0578 e. The Kier molecular flexibility index (Phi) is 7.37. The molecule has 2 fully saturated rings. The van der Waals surface area contributed by atoms with Crippen molar-refractivity contribution in [3.05, 3.63) is 0 Å². The highest BCUT2D eigenvalue weighted by Gasteiger charge is 2.32. The van der Waals surface area contributed by atoms with E-state index in [1.165, 1.54) is 71.2 Å². The molecule has 3 nitrogen and oxygen atoms in total. The lowest BCUT2D eigenvalue weighted by Gasteiger charge is -2.47. The molecule has 0 radical (unpaired) electrons. The second-order valence-corrected chi connectivity index (χ2v) is 8.64. The molecular weight excluding hydrogens is 284 g/mol. The summed E-state index contributed by atoms with van der Waals surface area (Å²) in [4.78, 5) is 5.32. The quantitative estimate of drug-likeness (QED) is 0.699. The minimum Gasteiger partial charge on any atom is -0.376 e. The summed E-state index contributed by atoms with van der Waals surface area (Å²) in [5.74, 6) is 0.946. The summed E-state index contributed by atoms with van der Waals surface area (Å²) >= 11 is 0. The second kappa shape index (κ2) is 8.82. The summed E-state index contributed by atoms with van der Waals surface area (Å²) in [5, 5.41) is 0. The Morgan fingerprint density at radius 1 is 1.09 bits per heavy atom. The summed E-state index contributed by atoms with van der Waals surface area (Å²) in [6, 6.07) is 0. The van der Waals surface area contributed by atoms with Crippen LogP contribution in [0, 0.1) is 5.92 Å². The molecule has 0 aromatic heterocycles. The van der Waals surface area contributed by atoms with Crippen LogP contribution in [0.3, 0.4) is 0 Å². The van der Waals surface area contributed by atoms with Crippen LogP contribution in [-0.4, -0.2) is 60.3 Å². The molecule has 0 aromatic rings. The topological polar surface area (TPSA) is 15.7 Å². The van der Waals surface area contributed by atoms with Crippen LogP contribution in [0.1, 0.15) is 73.1 Å². The standard InChI is InChI=1S/C20H40N2O/c1-6-21-14-15-22(20(4,5)16-21)13-7-8-18-9-11-19(12-10-18)23-17(2)3/h17-19H,6-16H2,1-5H3/t18-,19-. The first-order chi connectivity index (χ1) is 10.9. The zero-order chi connectivity index (χ0) is 16.9. The molecule has 0 N–H and O–H groups in total. The van der Waals surface area contributed by atoms with Gasteiger partial charge in [0.05, 0.1) is 12.2 Å². The van der Waals surface area contributed by atoms with E-state index in [0.717, 1.165) is 5.92 Å². The van der Waals surface area contributed by atoms with Crippen molar-refractivity contribution in [3.8, 4) is 0 Å². The minimum absolute atomic E-state index is 0.344. The van der Waals surface area contributed by atoms with Gasteiger partial charge >= 0.3 is 0 Å². The highest BCUT2D eigenvalue weighted by Crippen LogP contribution is 2.30. The van der Waals surface area contributed by atoms with Crippen LogP contribution in [-0.2, 0) is 4.74 Å². The lowest BCUT2D eigenvalue weighted by Crippen LogP contribution is -2.59. The van der Waals surface area contributed by atoms with Gasteiger partial charge in [-0.05, 0) is 85.2 Å². The normalized spacial score (nSPS) is 30.0. The Balaban J connectivity index is 1.64. The summed E-state index contributed by atoms with van der Waals surface area (Å²) < 4.78 is 5.97. The molecule has 1 saturated heterocycles. The van der Waals surface area contributed by atoms with Gasteiger partial charge in [0.2, 0.25) is 0 Å². The van der Waals surface area contributed by atoms with Crippen LogP contribution in [0.2, 0.25) is 0 Å². The Morgan fingerprint density at radius 3 is 2.35 bits per heavy atom. The Bertz CT molecular complexity index is 335. The van der Waals surface area contributed by atoms with Crippen molar-refractivity contribution in [3.63, 3.8) is 0 Å². The molecule has 136 valence electrons. The fourth-order valence-corrected chi connectivity index (χ4v) is 4.49. The minimum atomic E-state index is 0.344. The first kappa shape index (κ1) is 19.2. The zero-order valence-electron chi connectivity index (χ0n) is 16.3. The molecule has 0 unspecified atom stereocenters. The van der Waals surface area contributed by atoms with E-state index in [0.29, 0.717) is 17.7 Å². The number of piperazine rings is 1. The van der Waals surface area contributed by atoms with Gasteiger partial charge in [0.25, 0.3) is 0 Å². The van der Waals surface area contributed by atoms with Crippen molar-refractivity contribution < 1.29 is 4.74 Å². The molecule has 0 amide bonds. The fraction of sp³-hybridized carbons (Fsp3) is 1.00. The summed E-state index contributed by atoms with van der Waals surface area (Å²) in [6.07, 6.45) is 9.03. The highest BCUT2D eigenvalue weighted by atomic mass is 16.5. The van der Waals surface area contributed by atoms with Gasteiger partial charge in [0.1, 0.15) is 0 Å². The van der Waals surface area contributed by atoms with Gasteiger partial charge in [-0.25, -0.2) is 0 Å². The second-order valence-electron chi connectivity index (χ2n) is 8.64. The average molecular weight is 325 g/mol. The predicted octanol–water partition coefficient (Wildman–Crippen LogP) is 4.17. The average Bonchev–Trinajstić information content (AvgIpc) is 2.49. The van der Waals surface area contributed by atoms with Crippen molar-refractivity contribution in [2.45, 2.75) is 90.9 Å². The molecule has 0 atom stereocenters. The van der Waals surface area contributed by atoms with Crippen LogP contribution in [0.4, 0.5) is 0 Å². The van der Waals surface area contributed by atoms with E-state index in [9.17, 15) is 0 Å². The number of ether oxygens (including phenoxy) is 1. The zero-order valence-corrected chi connectivity index (χ0v) is 16.3. The van der Waals surface area contributed by atoms with Crippen LogP contribution >= 0.6 is 0 Å². The highest BCUT2D eigenvalue weighted by molar-refractivity contribution is 4.89. The van der Waals surface area contributed by atoms with Crippen molar-refractivity contribution in [1.82, 2.24) is 9.80 Å². The van der Waals surface area contributed by atoms with E-state index in [1.807, 2.05) is 0 Å². The Hall–Kier alpha value is -0.120. The Morgan fingerprint density at radius 2 is 1.78 bits per heavy atom. The molecule has 2 rings (SSSR count). The SMILES string of the molecule is CCN1CCN(CCC[C@H]2CC[C@H](OC(C)C)CC2)C(C)(C)C1. The molecule has 1 saturated carbocycles. The van der Waals surface area contributed by atoms with Crippen molar-refractivity contribution in [1.29, 1.82) is 0 Å². The first-order valence-electron chi connectivity index (χ1n) is 10.0. The van der Waals surface area contributed by atoms with E-state index < -0.39 is 0 Å². The lowest BCUT2D eigenvalue weighted by molar-refractivity contribution is -0.0211. The number of nitrogens with zero attached hydrogens (tertiary/aromatic N) is 2. The van der Waals surface area contributed by atoms with Gasteiger partial charge in [-0.15, -0.1) is 0 Å². The van der Waals surface area contributed by atoms with E-state index in [1.54, 1.807) is 0 Å². The maximum atomic E-state index is 5.97. The van der Waals surface area contributed by atoms with Crippen LogP contribution in [0.25, 0.3) is 0 Å². The third-order valence-corrected chi connectivity index (χ3v) is 5.90. The number of rotatable bonds is 7. The molecule has 1 heterocycles. The predicted molar refractivity (Wildman–Crippen MR) is 99.0 cm³/mol. The molecule has 0 bridgehead atoms. The van der Waals surface area contributed by atoms with E-state index >= 15 is 0 Å². The monoisotopic (exact) mass is 324 g/mol. The van der Waals surface area contributed by atoms with Gasteiger partial charge in [0, 0.05) is 25.2 Å². The fourth-order valence-electron chi connectivity index (χ4n) is 4.49. The van der Waals surface area contributed by atoms with Crippen LogP contribution < -0.4 is 0 Å². The summed E-state index contributed by atoms with van der Waals surface area (Å²) in [5.41, 5.74) is 0.344. The van der Waals surface area contributed by atoms with E-state index in [-0.39, 0.29) is 0 Å². The summed E-state index contributed by atoms with van der Waals surface area (Å²) in [7, 11) is 0.